The Morgan fingerprint density at radius 2 is 1.03 bits per heavy atom. The molecule has 6 heterocycles. The molecule has 0 amide bonds. The highest BCUT2D eigenvalue weighted by atomic mass is 16.6. The van der Waals surface area contributed by atoms with Crippen LogP contribution < -0.4 is 30.7 Å². The molecule has 0 spiro atoms. The van der Waals surface area contributed by atoms with Crippen molar-refractivity contribution in [2.75, 3.05) is 48.6 Å². The van der Waals surface area contributed by atoms with Crippen LogP contribution in [0.5, 0.6) is 11.8 Å². The maximum absolute atomic E-state index is 12.0. The number of pyridine rings is 4. The lowest BCUT2D eigenvalue weighted by Gasteiger charge is -2.29. The number of fused-ring (bicyclic) bond motifs is 2. The van der Waals surface area contributed by atoms with Crippen molar-refractivity contribution >= 4 is 57.3 Å². The van der Waals surface area contributed by atoms with E-state index in [-0.39, 0.29) is 18.8 Å². The lowest BCUT2D eigenvalue weighted by Crippen LogP contribution is -2.29. The normalized spacial score (nSPS) is 18.3. The van der Waals surface area contributed by atoms with E-state index < -0.39 is 11.6 Å². The van der Waals surface area contributed by atoms with Crippen LogP contribution in [0.15, 0.2) is 73.6 Å². The van der Waals surface area contributed by atoms with Crippen molar-refractivity contribution in [3.63, 3.8) is 0 Å². The zero-order valence-electron chi connectivity index (χ0n) is 38.3. The maximum Gasteiger partial charge on any atom is 0.310 e. The van der Waals surface area contributed by atoms with Crippen molar-refractivity contribution in [2.45, 2.75) is 103 Å². The fraction of sp³-hybridized carbons (Fsp3) is 0.458. The molecule has 348 valence electrons. The summed E-state index contributed by atoms with van der Waals surface area (Å²) < 4.78 is 16.0. The molecule has 18 nitrogen and oxygen atoms in total. The first-order valence-electron chi connectivity index (χ1n) is 22.6. The highest BCUT2D eigenvalue weighted by molar-refractivity contribution is 5.85. The second kappa shape index (κ2) is 22.3. The van der Waals surface area contributed by atoms with Gasteiger partial charge in [0, 0.05) is 84.3 Å². The third-order valence-corrected chi connectivity index (χ3v) is 11.6. The summed E-state index contributed by atoms with van der Waals surface area (Å²) >= 11 is 0. The van der Waals surface area contributed by atoms with Crippen LogP contribution in [0.4, 0.5) is 23.5 Å². The van der Waals surface area contributed by atoms with Gasteiger partial charge in [0.2, 0.25) is 23.7 Å². The van der Waals surface area contributed by atoms with E-state index >= 15 is 0 Å². The zero-order valence-corrected chi connectivity index (χ0v) is 38.3. The van der Waals surface area contributed by atoms with Crippen molar-refractivity contribution in [1.29, 1.82) is 0 Å². The number of nitrogens with zero attached hydrogens (tertiary/aromatic N) is 8. The second-order valence-electron chi connectivity index (χ2n) is 17.8. The van der Waals surface area contributed by atoms with E-state index in [4.69, 9.17) is 29.3 Å². The summed E-state index contributed by atoms with van der Waals surface area (Å²) in [6.45, 7) is 7.20. The van der Waals surface area contributed by atoms with Crippen LogP contribution in [-0.4, -0.2) is 102 Å². The second-order valence-corrected chi connectivity index (χ2v) is 17.8. The van der Waals surface area contributed by atoms with Gasteiger partial charge in [0.25, 0.3) is 0 Å². The van der Waals surface area contributed by atoms with Gasteiger partial charge in [0.05, 0.1) is 27.1 Å². The molecular formula is C48H60N12O6. The number of carbonyl (C=O) groups is 2. The van der Waals surface area contributed by atoms with Gasteiger partial charge in [-0.2, -0.15) is 0 Å². The van der Waals surface area contributed by atoms with Gasteiger partial charge in [0.1, 0.15) is 28.3 Å². The van der Waals surface area contributed by atoms with Gasteiger partial charge in [-0.05, 0) is 120 Å². The topological polar surface area (TPSA) is 233 Å². The molecule has 2 aliphatic carbocycles. The summed E-state index contributed by atoms with van der Waals surface area (Å²) in [5, 5.41) is 24.6. The van der Waals surface area contributed by atoms with Gasteiger partial charge >= 0.3 is 11.9 Å². The Kier molecular flexibility index (Phi) is 15.9. The van der Waals surface area contributed by atoms with E-state index in [1.807, 2.05) is 57.2 Å². The molecule has 6 aromatic rings. The predicted molar refractivity (Wildman–Crippen MR) is 253 cm³/mol. The zero-order chi connectivity index (χ0) is 46.5. The fourth-order valence-electron chi connectivity index (χ4n) is 8.21. The first-order chi connectivity index (χ1) is 31.9. The van der Waals surface area contributed by atoms with Crippen molar-refractivity contribution < 1.29 is 28.9 Å². The van der Waals surface area contributed by atoms with E-state index in [9.17, 15) is 9.59 Å². The van der Waals surface area contributed by atoms with Crippen molar-refractivity contribution in [3.05, 3.63) is 84.7 Å². The van der Waals surface area contributed by atoms with Crippen LogP contribution in [-0.2, 0) is 27.2 Å². The monoisotopic (exact) mass is 900 g/mol. The van der Waals surface area contributed by atoms with E-state index in [1.165, 1.54) is 0 Å². The number of rotatable bonds is 16. The molecule has 0 saturated heterocycles. The summed E-state index contributed by atoms with van der Waals surface area (Å²) in [5.41, 5.74) is 2.38. The van der Waals surface area contributed by atoms with Gasteiger partial charge in [-0.1, -0.05) is 0 Å². The van der Waals surface area contributed by atoms with Crippen LogP contribution in [0.3, 0.4) is 0 Å². The lowest BCUT2D eigenvalue weighted by molar-refractivity contribution is -0.154. The van der Waals surface area contributed by atoms with Crippen LogP contribution in [0.2, 0.25) is 0 Å². The number of nitrogens with one attached hydrogen (secondary N) is 4. The van der Waals surface area contributed by atoms with Gasteiger partial charge in [-0.3, -0.25) is 9.59 Å². The standard InChI is InChI=1S/C26H34N6O3.C22H26N6O3/c1-26(2,3)35-22(33)13-18-15-29-25(30-16-18)28-14-17-5-8-20(9-6-17)31-21-10-7-19-11-12-27-24(34-4)23(19)32-21;1-31-21-20-16(8-9-23-21)4-7-18(28-20)27-17-5-2-14(3-6-17)11-24-22-25-12-15(13-26-22)10-19(29)30/h7,10-12,15-17,20H,5-6,8-9,13-14H2,1-4H3,(H,31,32)(H,28,29,30);4,7-9,12-14,17H,2-3,5-6,10-11H2,1H3,(H,27,28)(H,29,30)(H,24,25,26). The molecule has 18 heteroatoms. The summed E-state index contributed by atoms with van der Waals surface area (Å²) in [5.74, 6) is 3.85. The lowest BCUT2D eigenvalue weighted by atomic mass is 9.86. The van der Waals surface area contributed by atoms with E-state index in [0.717, 1.165) is 103 Å². The Hall–Kier alpha value is -6.98. The summed E-state index contributed by atoms with van der Waals surface area (Å²) in [6, 6.07) is 12.7. The van der Waals surface area contributed by atoms with Gasteiger partial charge in [-0.15, -0.1) is 0 Å². The van der Waals surface area contributed by atoms with Crippen molar-refractivity contribution in [1.82, 2.24) is 39.9 Å². The fourth-order valence-corrected chi connectivity index (χ4v) is 8.21. The number of carbonyl (C=O) groups excluding carboxylic acids is 1. The predicted octanol–water partition coefficient (Wildman–Crippen LogP) is 7.53. The third-order valence-electron chi connectivity index (χ3n) is 11.6. The van der Waals surface area contributed by atoms with Crippen LogP contribution in [0, 0.1) is 11.8 Å². The molecule has 66 heavy (non-hydrogen) atoms. The number of carboxylic acids is 1. The van der Waals surface area contributed by atoms with Crippen molar-refractivity contribution in [3.8, 4) is 11.8 Å². The van der Waals surface area contributed by atoms with E-state index in [1.54, 1.807) is 51.4 Å². The number of aliphatic carboxylic acids is 1. The number of carboxylic acid groups (broad SMARTS) is 1. The Labute approximate surface area is 384 Å². The van der Waals surface area contributed by atoms with Crippen molar-refractivity contribution in [2.24, 2.45) is 11.8 Å². The Balaban J connectivity index is 0.000000198. The third kappa shape index (κ3) is 13.8. The summed E-state index contributed by atoms with van der Waals surface area (Å²) in [4.78, 5) is 57.7. The van der Waals surface area contributed by atoms with Crippen LogP contribution in [0.25, 0.3) is 21.8 Å². The molecule has 2 fully saturated rings. The average Bonchev–Trinajstić information content (AvgIpc) is 3.31. The molecule has 0 radical (unpaired) electrons. The van der Waals surface area contributed by atoms with Crippen LogP contribution >= 0.6 is 0 Å². The molecule has 8 rings (SSSR count). The largest absolute Gasteiger partial charge is 0.481 e. The highest BCUT2D eigenvalue weighted by Crippen LogP contribution is 2.30. The number of methoxy groups -OCH3 is 2. The molecule has 0 atom stereocenters. The van der Waals surface area contributed by atoms with Gasteiger partial charge in [-0.25, -0.2) is 39.9 Å². The first-order valence-corrected chi connectivity index (χ1v) is 22.6. The minimum Gasteiger partial charge on any atom is -0.481 e. The Bertz CT molecular complexity index is 2520. The SMILES string of the molecule is COc1nccc2ccc(NC3CCC(CNc4ncc(CC(=O)O)cn4)CC3)nc12.COc1nccc2ccc(NC3CCC(CNc4ncc(CC(=O)OC(C)(C)C)cn4)CC3)nc12. The Morgan fingerprint density at radius 3 is 1.42 bits per heavy atom. The maximum atomic E-state index is 12.0. The smallest absolute Gasteiger partial charge is 0.310 e. The van der Waals surface area contributed by atoms with Crippen LogP contribution in [0.1, 0.15) is 83.3 Å². The molecule has 0 aromatic carbocycles. The number of anilines is 4. The molecule has 0 aliphatic heterocycles. The molecule has 2 aliphatic rings. The molecular weight excluding hydrogens is 841 g/mol. The molecule has 0 unspecified atom stereocenters. The highest BCUT2D eigenvalue weighted by Gasteiger charge is 2.24. The number of esters is 1. The van der Waals surface area contributed by atoms with Gasteiger partial charge < -0.3 is 40.6 Å². The molecule has 5 N–H and O–H groups in total. The van der Waals surface area contributed by atoms with E-state index in [2.05, 4.69) is 51.2 Å². The number of hydrogen-bond donors (Lipinski definition) is 5. The quantitative estimate of drug-likeness (QED) is 0.0590. The Morgan fingerprint density at radius 1 is 0.606 bits per heavy atom. The summed E-state index contributed by atoms with van der Waals surface area (Å²) in [6.07, 6.45) is 18.7. The molecule has 0 bridgehead atoms. The number of ether oxygens (including phenoxy) is 3. The van der Waals surface area contributed by atoms with E-state index in [0.29, 0.717) is 53.1 Å². The average molecular weight is 901 g/mol. The molecule has 2 saturated carbocycles. The number of aromatic nitrogens is 8. The molecule has 6 aromatic heterocycles. The first kappa shape index (κ1) is 47.0. The number of hydrogen-bond acceptors (Lipinski definition) is 17. The minimum absolute atomic E-state index is 0.0628. The minimum atomic E-state index is -0.885. The summed E-state index contributed by atoms with van der Waals surface area (Å²) in [7, 11) is 3.22. The van der Waals surface area contributed by atoms with Gasteiger partial charge in [0.15, 0.2) is 0 Å².